The van der Waals surface area contributed by atoms with Gasteiger partial charge >= 0.3 is 6.03 Å². The van der Waals surface area contributed by atoms with E-state index in [2.05, 4.69) is 38.3 Å². The molecule has 22 heavy (non-hydrogen) atoms. The van der Waals surface area contributed by atoms with E-state index in [1.807, 2.05) is 6.92 Å². The van der Waals surface area contributed by atoms with Crippen LogP contribution in [-0.2, 0) is 0 Å². The van der Waals surface area contributed by atoms with E-state index >= 15 is 0 Å². The summed E-state index contributed by atoms with van der Waals surface area (Å²) < 4.78 is 12.8. The van der Waals surface area contributed by atoms with Crippen molar-refractivity contribution in [1.29, 1.82) is 0 Å². The summed E-state index contributed by atoms with van der Waals surface area (Å²) in [6.07, 6.45) is 0. The summed E-state index contributed by atoms with van der Waals surface area (Å²) in [7, 11) is 0. The van der Waals surface area contributed by atoms with Crippen molar-refractivity contribution in [2.24, 2.45) is 16.7 Å². The molecule has 1 aliphatic carbocycles. The van der Waals surface area contributed by atoms with Crippen molar-refractivity contribution < 1.29 is 14.0 Å². The van der Waals surface area contributed by atoms with Gasteiger partial charge in [-0.05, 0) is 47.9 Å². The van der Waals surface area contributed by atoms with Crippen LogP contribution in [0.5, 0.6) is 0 Å². The van der Waals surface area contributed by atoms with Gasteiger partial charge in [0.25, 0.3) is 5.91 Å². The maximum absolute atomic E-state index is 12.8. The minimum absolute atomic E-state index is 0.0361. The largest absolute Gasteiger partial charge is 0.335 e. The summed E-state index contributed by atoms with van der Waals surface area (Å²) in [5.41, 5.74) is 0.553. The van der Waals surface area contributed by atoms with E-state index < -0.39 is 17.8 Å². The predicted octanol–water partition coefficient (Wildman–Crippen LogP) is 3.34. The lowest BCUT2D eigenvalue weighted by Crippen LogP contribution is -2.45. The highest BCUT2D eigenvalue weighted by Gasteiger charge is 2.66. The zero-order valence-electron chi connectivity index (χ0n) is 13.7. The average molecular weight is 306 g/mol. The minimum atomic E-state index is -0.543. The molecule has 120 valence electrons. The van der Waals surface area contributed by atoms with Gasteiger partial charge in [-0.25, -0.2) is 9.18 Å². The van der Waals surface area contributed by atoms with Crippen LogP contribution >= 0.6 is 0 Å². The summed E-state index contributed by atoms with van der Waals surface area (Å²) in [5, 5.41) is 5.09. The van der Waals surface area contributed by atoms with Crippen molar-refractivity contribution in [1.82, 2.24) is 10.6 Å². The number of nitrogens with one attached hydrogen (secondary N) is 2. The lowest BCUT2D eigenvalue weighted by molar-refractivity contribution is 0.0963. The fourth-order valence-corrected chi connectivity index (χ4v) is 3.60. The molecule has 3 amide bonds. The number of imide groups is 1. The molecule has 1 fully saturated rings. The monoisotopic (exact) mass is 306 g/mol. The Kier molecular flexibility index (Phi) is 4.02. The number of hydrogen-bond donors (Lipinski definition) is 2. The highest BCUT2D eigenvalue weighted by Crippen LogP contribution is 2.69. The summed E-state index contributed by atoms with van der Waals surface area (Å²) >= 11 is 0. The molecule has 0 unspecified atom stereocenters. The van der Waals surface area contributed by atoms with Crippen LogP contribution in [0.1, 0.15) is 45.0 Å². The fraction of sp³-hybridized carbons (Fsp3) is 0.529. The summed E-state index contributed by atoms with van der Waals surface area (Å²) in [4.78, 5) is 23.8. The second-order valence-electron chi connectivity index (χ2n) is 7.14. The number of benzene rings is 1. The molecule has 0 radical (unpaired) electrons. The van der Waals surface area contributed by atoms with Crippen LogP contribution < -0.4 is 10.6 Å². The number of halogens is 1. The molecule has 5 heteroatoms. The molecule has 1 saturated carbocycles. The zero-order valence-corrected chi connectivity index (χ0v) is 13.7. The van der Waals surface area contributed by atoms with Crippen LogP contribution in [0.4, 0.5) is 9.18 Å². The van der Waals surface area contributed by atoms with Crippen molar-refractivity contribution in [3.05, 3.63) is 35.6 Å². The smallest absolute Gasteiger partial charge is 0.321 e. The highest BCUT2D eigenvalue weighted by atomic mass is 19.1. The van der Waals surface area contributed by atoms with Crippen LogP contribution in [0.25, 0.3) is 0 Å². The molecule has 2 rings (SSSR count). The van der Waals surface area contributed by atoms with Crippen molar-refractivity contribution >= 4 is 11.9 Å². The molecule has 0 heterocycles. The van der Waals surface area contributed by atoms with Gasteiger partial charge in [0.15, 0.2) is 0 Å². The Morgan fingerprint density at radius 3 is 2.05 bits per heavy atom. The normalized spacial score (nSPS) is 20.1. The molecule has 0 aliphatic heterocycles. The van der Waals surface area contributed by atoms with Crippen molar-refractivity contribution in [3.63, 3.8) is 0 Å². The third kappa shape index (κ3) is 2.85. The molecule has 0 bridgehead atoms. The molecule has 0 saturated heterocycles. The first kappa shape index (κ1) is 16.5. The van der Waals surface area contributed by atoms with Gasteiger partial charge in [0.2, 0.25) is 0 Å². The Morgan fingerprint density at radius 1 is 1.09 bits per heavy atom. The zero-order chi connectivity index (χ0) is 16.7. The Morgan fingerprint density at radius 2 is 1.59 bits per heavy atom. The van der Waals surface area contributed by atoms with Gasteiger partial charge in [-0.1, -0.05) is 27.7 Å². The van der Waals surface area contributed by atoms with Crippen LogP contribution in [0, 0.1) is 22.6 Å². The third-order valence-electron chi connectivity index (χ3n) is 5.32. The van der Waals surface area contributed by atoms with Crippen molar-refractivity contribution in [3.8, 4) is 0 Å². The molecule has 1 aliphatic rings. The molecule has 2 N–H and O–H groups in total. The summed E-state index contributed by atoms with van der Waals surface area (Å²) in [6, 6.07) is 4.49. The van der Waals surface area contributed by atoms with Gasteiger partial charge < -0.3 is 5.32 Å². The first-order valence-corrected chi connectivity index (χ1v) is 7.45. The van der Waals surface area contributed by atoms with Gasteiger partial charge in [-0.2, -0.15) is 0 Å². The molecule has 0 spiro atoms. The van der Waals surface area contributed by atoms with Crippen LogP contribution in [0.2, 0.25) is 0 Å². The minimum Gasteiger partial charge on any atom is -0.335 e. The van der Waals surface area contributed by atoms with E-state index in [9.17, 15) is 14.0 Å². The van der Waals surface area contributed by atoms with Crippen molar-refractivity contribution in [2.45, 2.75) is 40.7 Å². The first-order chi connectivity index (χ1) is 10.1. The van der Waals surface area contributed by atoms with Gasteiger partial charge in [-0.3, -0.25) is 10.1 Å². The Balaban J connectivity index is 1.91. The quantitative estimate of drug-likeness (QED) is 0.900. The third-order valence-corrected chi connectivity index (χ3v) is 5.32. The highest BCUT2D eigenvalue weighted by molar-refractivity contribution is 6.04. The van der Waals surface area contributed by atoms with Gasteiger partial charge in [0.05, 0.1) is 0 Å². The predicted molar refractivity (Wildman–Crippen MR) is 82.9 cm³/mol. The SMILES string of the molecule is C[C@@H](NC(=O)NC(=O)c1ccc(F)cc1)C1C(C)(C)C1(C)C. The standard InChI is InChI=1S/C17H23FN2O2/c1-10(13-16(2,3)17(13,4)5)19-15(22)20-14(21)11-6-8-12(18)9-7-11/h6-10,13H,1-5H3,(H2,19,20,21,22)/t10-/m1/s1. The summed E-state index contributed by atoms with van der Waals surface area (Å²) in [6.45, 7) is 10.7. The average Bonchev–Trinajstić information content (AvgIpc) is 2.79. The van der Waals surface area contributed by atoms with E-state index in [-0.39, 0.29) is 22.4 Å². The van der Waals surface area contributed by atoms with Gasteiger partial charge in [0.1, 0.15) is 5.82 Å². The molecule has 0 aromatic heterocycles. The second-order valence-corrected chi connectivity index (χ2v) is 7.14. The first-order valence-electron chi connectivity index (χ1n) is 7.45. The number of rotatable bonds is 3. The van der Waals surface area contributed by atoms with Crippen LogP contribution in [-0.4, -0.2) is 18.0 Å². The van der Waals surface area contributed by atoms with E-state index in [1.165, 1.54) is 24.3 Å². The maximum Gasteiger partial charge on any atom is 0.321 e. The number of carbonyl (C=O) groups is 2. The molecule has 1 aromatic rings. The van der Waals surface area contributed by atoms with E-state index in [0.29, 0.717) is 5.92 Å². The number of amides is 3. The van der Waals surface area contributed by atoms with Gasteiger partial charge in [-0.15, -0.1) is 0 Å². The topological polar surface area (TPSA) is 58.2 Å². The molecular formula is C17H23FN2O2. The lowest BCUT2D eigenvalue weighted by Gasteiger charge is -2.16. The molecular weight excluding hydrogens is 283 g/mol. The second kappa shape index (κ2) is 5.38. The van der Waals surface area contributed by atoms with Crippen LogP contribution in [0.15, 0.2) is 24.3 Å². The van der Waals surface area contributed by atoms with Gasteiger partial charge in [0, 0.05) is 11.6 Å². The van der Waals surface area contributed by atoms with E-state index in [0.717, 1.165) is 0 Å². The Hall–Kier alpha value is -1.91. The fourth-order valence-electron chi connectivity index (χ4n) is 3.60. The molecule has 1 atom stereocenters. The number of hydrogen-bond acceptors (Lipinski definition) is 2. The van der Waals surface area contributed by atoms with Crippen molar-refractivity contribution in [2.75, 3.05) is 0 Å². The molecule has 4 nitrogen and oxygen atoms in total. The lowest BCUT2D eigenvalue weighted by atomic mass is 10.0. The van der Waals surface area contributed by atoms with E-state index in [1.54, 1.807) is 0 Å². The number of urea groups is 1. The maximum atomic E-state index is 12.8. The summed E-state index contributed by atoms with van der Waals surface area (Å²) in [5.74, 6) is -0.612. The van der Waals surface area contributed by atoms with Crippen LogP contribution in [0.3, 0.4) is 0 Å². The Labute approximate surface area is 130 Å². The van der Waals surface area contributed by atoms with E-state index in [4.69, 9.17) is 0 Å². The molecule has 1 aromatic carbocycles. The number of carbonyl (C=O) groups excluding carboxylic acids is 2. The Bertz CT molecular complexity index is 579.